The van der Waals surface area contributed by atoms with Crippen LogP contribution in [0.3, 0.4) is 0 Å². The van der Waals surface area contributed by atoms with E-state index in [1.165, 1.54) is 6.42 Å². The Kier molecular flexibility index (Phi) is 5.70. The molecule has 5 rings (SSSR count). The standard InChI is InChI=1S/C23H31N5O3/c29-22-26-23(8-2-1-3-9-23)10-4-12-30-21-14-17(7-11-24-21)25-20-15-19(27-28-20)16-5-6-18(13-16)31-22/h7,11,14-16,18H,1-6,8-10,12-13H2,(H,26,29)(H2,25,27,28)/t16-,18+/m0/s1. The molecule has 3 aliphatic rings. The minimum Gasteiger partial charge on any atom is -0.478 e. The normalized spacial score (nSPS) is 26.0. The Labute approximate surface area is 182 Å². The number of pyridine rings is 1. The van der Waals surface area contributed by atoms with Crippen LogP contribution in [0.2, 0.25) is 0 Å². The van der Waals surface area contributed by atoms with Gasteiger partial charge in [-0.25, -0.2) is 9.78 Å². The minimum atomic E-state index is -0.268. The topological polar surface area (TPSA) is 101 Å². The molecule has 2 atom stereocenters. The first kappa shape index (κ1) is 20.2. The van der Waals surface area contributed by atoms with Gasteiger partial charge in [0, 0.05) is 41.2 Å². The van der Waals surface area contributed by atoms with Gasteiger partial charge >= 0.3 is 6.09 Å². The number of ether oxygens (including phenoxy) is 2. The number of anilines is 2. The van der Waals surface area contributed by atoms with Gasteiger partial charge in [-0.1, -0.05) is 19.3 Å². The van der Waals surface area contributed by atoms with Gasteiger partial charge in [0.05, 0.1) is 6.61 Å². The second kappa shape index (κ2) is 8.77. The second-order valence-corrected chi connectivity index (χ2v) is 9.17. The van der Waals surface area contributed by atoms with Crippen LogP contribution >= 0.6 is 0 Å². The Morgan fingerprint density at radius 3 is 2.84 bits per heavy atom. The number of nitrogens with zero attached hydrogens (tertiary/aromatic N) is 2. The second-order valence-electron chi connectivity index (χ2n) is 9.17. The molecule has 3 N–H and O–H groups in total. The van der Waals surface area contributed by atoms with E-state index in [0.717, 1.165) is 75.0 Å². The number of carbonyl (C=O) groups is 1. The molecule has 166 valence electrons. The fourth-order valence-corrected chi connectivity index (χ4v) is 5.30. The van der Waals surface area contributed by atoms with Crippen LogP contribution in [0, 0.1) is 0 Å². The van der Waals surface area contributed by atoms with Crippen molar-refractivity contribution in [2.75, 3.05) is 11.9 Å². The molecule has 1 amide bonds. The molecule has 2 saturated carbocycles. The highest BCUT2D eigenvalue weighted by Crippen LogP contribution is 2.37. The van der Waals surface area contributed by atoms with E-state index >= 15 is 0 Å². The third-order valence-electron chi connectivity index (χ3n) is 6.93. The Morgan fingerprint density at radius 1 is 1.06 bits per heavy atom. The van der Waals surface area contributed by atoms with Gasteiger partial charge in [0.2, 0.25) is 5.88 Å². The zero-order chi connectivity index (χ0) is 21.1. The summed E-state index contributed by atoms with van der Waals surface area (Å²) in [5.74, 6) is 1.67. The van der Waals surface area contributed by atoms with E-state index in [1.54, 1.807) is 6.20 Å². The average molecular weight is 426 g/mol. The van der Waals surface area contributed by atoms with Gasteiger partial charge in [0.15, 0.2) is 5.82 Å². The molecular weight excluding hydrogens is 394 g/mol. The van der Waals surface area contributed by atoms with Gasteiger partial charge in [0.1, 0.15) is 6.10 Å². The summed E-state index contributed by atoms with van der Waals surface area (Å²) in [5, 5.41) is 14.1. The molecule has 0 radical (unpaired) electrons. The number of aromatic nitrogens is 3. The highest BCUT2D eigenvalue weighted by molar-refractivity contribution is 5.68. The smallest absolute Gasteiger partial charge is 0.407 e. The summed E-state index contributed by atoms with van der Waals surface area (Å²) in [7, 11) is 0. The lowest BCUT2D eigenvalue weighted by Crippen LogP contribution is -2.50. The van der Waals surface area contributed by atoms with Crippen molar-refractivity contribution in [3.63, 3.8) is 0 Å². The molecule has 2 aromatic rings. The summed E-state index contributed by atoms with van der Waals surface area (Å²) in [5.41, 5.74) is 1.79. The first-order valence-electron chi connectivity index (χ1n) is 11.6. The quantitative estimate of drug-likeness (QED) is 0.561. The van der Waals surface area contributed by atoms with E-state index in [2.05, 4.69) is 25.8 Å². The summed E-state index contributed by atoms with van der Waals surface area (Å²) < 4.78 is 11.8. The van der Waals surface area contributed by atoms with E-state index in [4.69, 9.17) is 9.47 Å². The predicted molar refractivity (Wildman–Crippen MR) is 117 cm³/mol. The Balaban J connectivity index is 1.36. The molecule has 8 heteroatoms. The van der Waals surface area contributed by atoms with Crippen LogP contribution in [0.1, 0.15) is 75.8 Å². The number of fused-ring (bicyclic) bond motifs is 7. The van der Waals surface area contributed by atoms with Crippen molar-refractivity contribution in [3.8, 4) is 5.88 Å². The molecule has 2 aromatic heterocycles. The molecule has 0 unspecified atom stereocenters. The van der Waals surface area contributed by atoms with Crippen LogP contribution in [0.25, 0.3) is 0 Å². The molecule has 0 aromatic carbocycles. The highest BCUT2D eigenvalue weighted by atomic mass is 16.6. The third-order valence-corrected chi connectivity index (χ3v) is 6.93. The monoisotopic (exact) mass is 425 g/mol. The third kappa shape index (κ3) is 4.78. The summed E-state index contributed by atoms with van der Waals surface area (Å²) in [4.78, 5) is 17.1. The fourth-order valence-electron chi connectivity index (χ4n) is 5.30. The van der Waals surface area contributed by atoms with Crippen LogP contribution in [-0.4, -0.2) is 39.5 Å². The fraction of sp³-hybridized carbons (Fsp3) is 0.609. The number of amides is 1. The summed E-state index contributed by atoms with van der Waals surface area (Å²) in [6.07, 6.45) is 11.4. The van der Waals surface area contributed by atoms with Crippen molar-refractivity contribution in [2.45, 2.75) is 81.8 Å². The van der Waals surface area contributed by atoms with E-state index in [9.17, 15) is 4.79 Å². The maximum absolute atomic E-state index is 12.8. The minimum absolute atomic E-state index is 0.0460. The summed E-state index contributed by atoms with van der Waals surface area (Å²) >= 11 is 0. The highest BCUT2D eigenvalue weighted by Gasteiger charge is 2.36. The van der Waals surface area contributed by atoms with E-state index in [1.807, 2.05) is 18.2 Å². The zero-order valence-corrected chi connectivity index (χ0v) is 17.9. The van der Waals surface area contributed by atoms with Crippen LogP contribution in [-0.2, 0) is 4.74 Å². The van der Waals surface area contributed by atoms with Gasteiger partial charge in [-0.15, -0.1) is 0 Å². The molecule has 2 fully saturated rings. The molecular formula is C23H31N5O3. The number of carbonyl (C=O) groups excluding carboxylic acids is 1. The van der Waals surface area contributed by atoms with Crippen molar-refractivity contribution >= 4 is 17.6 Å². The Hall–Kier alpha value is -2.77. The maximum Gasteiger partial charge on any atom is 0.407 e. The lowest BCUT2D eigenvalue weighted by atomic mass is 9.78. The molecule has 0 saturated heterocycles. The molecule has 3 heterocycles. The molecule has 2 aliphatic carbocycles. The molecule has 1 spiro atoms. The molecule has 6 bridgehead atoms. The number of alkyl carbamates (subject to hydrolysis) is 1. The average Bonchev–Trinajstić information content (AvgIpc) is 3.41. The van der Waals surface area contributed by atoms with Crippen LogP contribution in [0.4, 0.5) is 16.3 Å². The van der Waals surface area contributed by atoms with Crippen LogP contribution in [0.15, 0.2) is 24.4 Å². The number of H-pyrrole nitrogens is 1. The Morgan fingerprint density at radius 2 is 1.94 bits per heavy atom. The largest absolute Gasteiger partial charge is 0.478 e. The van der Waals surface area contributed by atoms with Crippen molar-refractivity contribution < 1.29 is 14.3 Å². The molecule has 1 aliphatic heterocycles. The number of nitrogens with one attached hydrogen (secondary N) is 3. The van der Waals surface area contributed by atoms with Gasteiger partial charge in [0.25, 0.3) is 0 Å². The van der Waals surface area contributed by atoms with Gasteiger partial charge < -0.3 is 20.1 Å². The van der Waals surface area contributed by atoms with Gasteiger partial charge in [-0.05, 0) is 51.0 Å². The predicted octanol–water partition coefficient (Wildman–Crippen LogP) is 4.79. The number of aromatic amines is 1. The lowest BCUT2D eigenvalue weighted by Gasteiger charge is -2.38. The van der Waals surface area contributed by atoms with E-state index in [-0.39, 0.29) is 17.7 Å². The zero-order valence-electron chi connectivity index (χ0n) is 17.9. The first-order chi connectivity index (χ1) is 15.2. The maximum atomic E-state index is 12.8. The van der Waals surface area contributed by atoms with Gasteiger partial charge in [-0.3, -0.25) is 5.10 Å². The van der Waals surface area contributed by atoms with Crippen molar-refractivity contribution in [1.82, 2.24) is 20.5 Å². The first-order valence-corrected chi connectivity index (χ1v) is 11.6. The summed E-state index contributed by atoms with van der Waals surface area (Å²) in [6.45, 7) is 0.561. The van der Waals surface area contributed by atoms with E-state index in [0.29, 0.717) is 18.4 Å². The SMILES string of the molecule is O=C1NC2(CCCCC2)CCCOc2cc(ccn2)Nc2cc([nH]n2)[C@H]2CC[C@H](C2)O1. The van der Waals surface area contributed by atoms with Crippen molar-refractivity contribution in [1.29, 1.82) is 0 Å². The Bertz CT molecular complexity index is 908. The number of hydrogen-bond acceptors (Lipinski definition) is 6. The lowest BCUT2D eigenvalue weighted by molar-refractivity contribution is 0.0816. The number of rotatable bonds is 0. The molecule has 8 nitrogen and oxygen atoms in total. The van der Waals surface area contributed by atoms with Crippen molar-refractivity contribution in [3.05, 3.63) is 30.1 Å². The van der Waals surface area contributed by atoms with Crippen LogP contribution in [0.5, 0.6) is 5.88 Å². The van der Waals surface area contributed by atoms with Crippen molar-refractivity contribution in [2.24, 2.45) is 0 Å². The van der Waals surface area contributed by atoms with Crippen LogP contribution < -0.4 is 15.4 Å². The van der Waals surface area contributed by atoms with E-state index < -0.39 is 0 Å². The summed E-state index contributed by atoms with van der Waals surface area (Å²) in [6, 6.07) is 5.84. The number of hydrogen-bond donors (Lipinski definition) is 3. The molecule has 31 heavy (non-hydrogen) atoms. The van der Waals surface area contributed by atoms with Gasteiger partial charge in [-0.2, -0.15) is 5.10 Å².